The SMILES string of the molecule is CC(C)n1c2ccccc2c2cccc(-c3c4ccccc4c(-c4ccc(-c5cccc6ccccc56)cc4)c4oc5ccccc5c34)c21. The maximum Gasteiger partial charge on any atom is 0.144 e. The molecule has 49 heavy (non-hydrogen) atoms. The van der Waals surface area contributed by atoms with Crippen LogP contribution in [0.15, 0.2) is 162 Å². The smallest absolute Gasteiger partial charge is 0.144 e. The number of para-hydroxylation sites is 3. The minimum Gasteiger partial charge on any atom is -0.455 e. The molecule has 0 aliphatic rings. The van der Waals surface area contributed by atoms with Crippen molar-refractivity contribution in [1.29, 1.82) is 0 Å². The molecule has 0 saturated carbocycles. The Labute approximate surface area is 284 Å². The summed E-state index contributed by atoms with van der Waals surface area (Å²) >= 11 is 0. The molecule has 2 nitrogen and oxygen atoms in total. The average Bonchev–Trinajstić information content (AvgIpc) is 3.70. The summed E-state index contributed by atoms with van der Waals surface area (Å²) < 4.78 is 9.44. The first kappa shape index (κ1) is 27.9. The molecule has 2 heterocycles. The standard InChI is InChI=1S/C47H33NO/c1-29(2)48-41-23-9-7-16-35(41)38-21-12-22-40(46(38)48)44-37-18-6-5-17-36(37)43(47-45(44)39-19-8-10-24-42(39)49-47)32-27-25-31(26-28-32)34-20-11-14-30-13-3-4-15-33(30)34/h3-29H,1-2H3. The van der Waals surface area contributed by atoms with E-state index in [0.717, 1.165) is 33.1 Å². The van der Waals surface area contributed by atoms with Crippen LogP contribution in [0.2, 0.25) is 0 Å². The van der Waals surface area contributed by atoms with Gasteiger partial charge in [0, 0.05) is 49.8 Å². The quantitative estimate of drug-likeness (QED) is 0.190. The molecule has 0 atom stereocenters. The fourth-order valence-corrected chi connectivity index (χ4v) is 8.30. The number of fused-ring (bicyclic) bond motifs is 8. The van der Waals surface area contributed by atoms with E-state index < -0.39 is 0 Å². The van der Waals surface area contributed by atoms with Crippen LogP contribution in [-0.2, 0) is 0 Å². The van der Waals surface area contributed by atoms with Crippen LogP contribution >= 0.6 is 0 Å². The maximum atomic E-state index is 6.92. The summed E-state index contributed by atoms with van der Waals surface area (Å²) in [7, 11) is 0. The lowest BCUT2D eigenvalue weighted by molar-refractivity contribution is 0.642. The first-order chi connectivity index (χ1) is 24.2. The summed E-state index contributed by atoms with van der Waals surface area (Å²) in [6.45, 7) is 4.57. The number of furan rings is 1. The van der Waals surface area contributed by atoms with Crippen LogP contribution in [0.25, 0.3) is 98.7 Å². The molecular formula is C47H33NO. The van der Waals surface area contributed by atoms with Crippen molar-refractivity contribution in [3.63, 3.8) is 0 Å². The van der Waals surface area contributed by atoms with Crippen molar-refractivity contribution in [1.82, 2.24) is 4.57 Å². The summed E-state index contributed by atoms with van der Waals surface area (Å²) in [5, 5.41) is 9.79. The van der Waals surface area contributed by atoms with Crippen LogP contribution in [0.5, 0.6) is 0 Å². The van der Waals surface area contributed by atoms with Crippen molar-refractivity contribution in [2.45, 2.75) is 19.9 Å². The molecule has 2 aromatic heterocycles. The van der Waals surface area contributed by atoms with Gasteiger partial charge in [-0.15, -0.1) is 0 Å². The van der Waals surface area contributed by atoms with Gasteiger partial charge in [-0.2, -0.15) is 0 Å². The highest BCUT2D eigenvalue weighted by atomic mass is 16.3. The molecule has 0 aliphatic carbocycles. The summed E-state index contributed by atoms with van der Waals surface area (Å²) in [5.41, 5.74) is 11.5. The van der Waals surface area contributed by atoms with Crippen LogP contribution in [0.3, 0.4) is 0 Å². The van der Waals surface area contributed by atoms with Gasteiger partial charge < -0.3 is 8.98 Å². The minimum atomic E-state index is 0.283. The first-order valence-electron chi connectivity index (χ1n) is 17.1. The number of benzene rings is 8. The number of nitrogens with zero attached hydrogens (tertiary/aromatic N) is 1. The Balaban J connectivity index is 1.30. The van der Waals surface area contributed by atoms with Gasteiger partial charge in [-0.25, -0.2) is 0 Å². The predicted molar refractivity (Wildman–Crippen MR) is 208 cm³/mol. The topological polar surface area (TPSA) is 18.1 Å². The molecule has 10 aromatic rings. The molecule has 0 bridgehead atoms. The second-order valence-electron chi connectivity index (χ2n) is 13.4. The lowest BCUT2D eigenvalue weighted by Gasteiger charge is -2.18. The zero-order valence-corrected chi connectivity index (χ0v) is 27.4. The van der Waals surface area contributed by atoms with Crippen molar-refractivity contribution in [3.8, 4) is 33.4 Å². The van der Waals surface area contributed by atoms with E-state index in [2.05, 4.69) is 176 Å². The highest BCUT2D eigenvalue weighted by Crippen LogP contribution is 2.50. The summed E-state index contributed by atoms with van der Waals surface area (Å²) in [6, 6.07) is 57.5. The van der Waals surface area contributed by atoms with E-state index in [0.29, 0.717) is 0 Å². The third-order valence-corrected chi connectivity index (χ3v) is 10.3. The van der Waals surface area contributed by atoms with Gasteiger partial charge in [0.15, 0.2) is 0 Å². The van der Waals surface area contributed by atoms with Crippen LogP contribution in [0.1, 0.15) is 19.9 Å². The van der Waals surface area contributed by atoms with Crippen LogP contribution in [-0.4, -0.2) is 4.57 Å². The molecule has 0 N–H and O–H groups in total. The van der Waals surface area contributed by atoms with E-state index in [1.807, 2.05) is 0 Å². The van der Waals surface area contributed by atoms with Crippen molar-refractivity contribution in [3.05, 3.63) is 158 Å². The van der Waals surface area contributed by atoms with Crippen LogP contribution in [0.4, 0.5) is 0 Å². The number of hydrogen-bond donors (Lipinski definition) is 0. The van der Waals surface area contributed by atoms with Gasteiger partial charge in [0.1, 0.15) is 11.2 Å². The second-order valence-corrected chi connectivity index (χ2v) is 13.4. The zero-order valence-electron chi connectivity index (χ0n) is 27.4. The van der Waals surface area contributed by atoms with Gasteiger partial charge in [0.2, 0.25) is 0 Å². The highest BCUT2D eigenvalue weighted by Gasteiger charge is 2.25. The Morgan fingerprint density at radius 1 is 0.449 bits per heavy atom. The van der Waals surface area contributed by atoms with Crippen molar-refractivity contribution in [2.24, 2.45) is 0 Å². The van der Waals surface area contributed by atoms with E-state index in [1.54, 1.807) is 0 Å². The van der Waals surface area contributed by atoms with Crippen LogP contribution < -0.4 is 0 Å². The van der Waals surface area contributed by atoms with E-state index in [4.69, 9.17) is 4.42 Å². The molecule has 232 valence electrons. The van der Waals surface area contributed by atoms with E-state index in [9.17, 15) is 0 Å². The minimum absolute atomic E-state index is 0.283. The molecule has 0 amide bonds. The van der Waals surface area contributed by atoms with Gasteiger partial charge in [-0.3, -0.25) is 0 Å². The zero-order chi connectivity index (χ0) is 32.6. The van der Waals surface area contributed by atoms with Gasteiger partial charge in [-0.05, 0) is 64.2 Å². The van der Waals surface area contributed by atoms with Crippen molar-refractivity contribution in [2.75, 3.05) is 0 Å². The summed E-state index contributed by atoms with van der Waals surface area (Å²) in [4.78, 5) is 0. The predicted octanol–water partition coefficient (Wildman–Crippen LogP) is 13.6. The highest BCUT2D eigenvalue weighted by molar-refractivity contribution is 6.29. The molecule has 10 rings (SSSR count). The molecule has 0 spiro atoms. The molecule has 2 heteroatoms. The largest absolute Gasteiger partial charge is 0.455 e. The molecule has 0 aliphatic heterocycles. The van der Waals surface area contributed by atoms with Crippen molar-refractivity contribution >= 4 is 65.3 Å². The summed E-state index contributed by atoms with van der Waals surface area (Å²) in [5.74, 6) is 0. The molecule has 0 saturated heterocycles. The molecular weight excluding hydrogens is 595 g/mol. The Hall–Kier alpha value is -6.12. The van der Waals surface area contributed by atoms with Gasteiger partial charge in [0.25, 0.3) is 0 Å². The third kappa shape index (κ3) is 4.07. The van der Waals surface area contributed by atoms with E-state index in [-0.39, 0.29) is 6.04 Å². The first-order valence-corrected chi connectivity index (χ1v) is 17.1. The van der Waals surface area contributed by atoms with Crippen molar-refractivity contribution < 1.29 is 4.42 Å². The maximum absolute atomic E-state index is 6.92. The molecule has 0 unspecified atom stereocenters. The number of aromatic nitrogens is 1. The Bertz CT molecular complexity index is 2900. The third-order valence-electron chi connectivity index (χ3n) is 10.3. The lowest BCUT2D eigenvalue weighted by Crippen LogP contribution is -2.01. The fourth-order valence-electron chi connectivity index (χ4n) is 8.30. The number of rotatable bonds is 4. The normalized spacial score (nSPS) is 12.1. The van der Waals surface area contributed by atoms with E-state index >= 15 is 0 Å². The molecule has 8 aromatic carbocycles. The Morgan fingerprint density at radius 2 is 1.02 bits per heavy atom. The molecule has 0 radical (unpaired) electrons. The fraction of sp³-hybridized carbons (Fsp3) is 0.0638. The van der Waals surface area contributed by atoms with Gasteiger partial charge >= 0.3 is 0 Å². The van der Waals surface area contributed by atoms with Gasteiger partial charge in [0.05, 0.1) is 5.52 Å². The van der Waals surface area contributed by atoms with E-state index in [1.165, 1.54) is 65.6 Å². The summed E-state index contributed by atoms with van der Waals surface area (Å²) in [6.07, 6.45) is 0. The lowest BCUT2D eigenvalue weighted by atomic mass is 9.87. The Morgan fingerprint density at radius 3 is 1.82 bits per heavy atom. The number of hydrogen-bond acceptors (Lipinski definition) is 1. The van der Waals surface area contributed by atoms with Crippen LogP contribution in [0, 0.1) is 0 Å². The average molecular weight is 628 g/mol. The second kappa shape index (κ2) is 10.7. The van der Waals surface area contributed by atoms with Gasteiger partial charge in [-0.1, -0.05) is 146 Å². The monoisotopic (exact) mass is 627 g/mol. The Kier molecular flexibility index (Phi) is 6.10. The molecule has 0 fully saturated rings.